The third-order valence-corrected chi connectivity index (χ3v) is 3.05. The minimum absolute atomic E-state index is 0.529. The predicted molar refractivity (Wildman–Crippen MR) is 76.2 cm³/mol. The fraction of sp³-hybridized carbons (Fsp3) is 0.286. The summed E-state index contributed by atoms with van der Waals surface area (Å²) in [6, 6.07) is 6.04. The van der Waals surface area contributed by atoms with Crippen molar-refractivity contribution in [3.8, 4) is 17.0 Å². The van der Waals surface area contributed by atoms with Crippen LogP contribution in [0.15, 0.2) is 24.4 Å². The molecule has 0 aliphatic heterocycles. The molecule has 0 unspecified atom stereocenters. The van der Waals surface area contributed by atoms with Crippen LogP contribution in [0.1, 0.15) is 17.0 Å². The molecule has 0 fully saturated rings. The Bertz CT molecular complexity index is 570. The monoisotopic (exact) mass is 260 g/mol. The van der Waals surface area contributed by atoms with Crippen molar-refractivity contribution in [2.24, 2.45) is 0 Å². The smallest absolute Gasteiger partial charge is 0.138 e. The molecule has 0 aliphatic carbocycles. The van der Waals surface area contributed by atoms with Gasteiger partial charge in [-0.2, -0.15) is 12.6 Å². The number of methoxy groups -OCH3 is 1. The second-order valence-electron chi connectivity index (χ2n) is 4.18. The number of thiol groups is 1. The third-order valence-electron chi connectivity index (χ3n) is 2.77. The molecule has 18 heavy (non-hydrogen) atoms. The van der Waals surface area contributed by atoms with Crippen LogP contribution in [0.2, 0.25) is 0 Å². The minimum Gasteiger partial charge on any atom is -0.496 e. The Morgan fingerprint density at radius 3 is 2.72 bits per heavy atom. The van der Waals surface area contributed by atoms with Crippen molar-refractivity contribution in [3.63, 3.8) is 0 Å². The molecule has 3 nitrogen and oxygen atoms in total. The van der Waals surface area contributed by atoms with E-state index in [0.717, 1.165) is 28.4 Å². The van der Waals surface area contributed by atoms with Gasteiger partial charge in [-0.05, 0) is 37.1 Å². The fourth-order valence-corrected chi connectivity index (χ4v) is 2.18. The van der Waals surface area contributed by atoms with Gasteiger partial charge in [-0.1, -0.05) is 6.07 Å². The van der Waals surface area contributed by atoms with E-state index >= 15 is 0 Å². The molecule has 2 rings (SSSR count). The van der Waals surface area contributed by atoms with Gasteiger partial charge in [0, 0.05) is 11.8 Å². The summed E-state index contributed by atoms with van der Waals surface area (Å²) in [5.41, 5.74) is 4.23. The Balaban J connectivity index is 2.62. The molecule has 0 saturated heterocycles. The SMILES string of the molecule is COc1cc(C)cc(C)c1-c1ccnc(CS)n1. The summed E-state index contributed by atoms with van der Waals surface area (Å²) in [4.78, 5) is 8.65. The lowest BCUT2D eigenvalue weighted by Crippen LogP contribution is -1.97. The average molecular weight is 260 g/mol. The van der Waals surface area contributed by atoms with Gasteiger partial charge in [-0.3, -0.25) is 0 Å². The number of rotatable bonds is 3. The molecule has 0 radical (unpaired) electrons. The van der Waals surface area contributed by atoms with Gasteiger partial charge in [0.1, 0.15) is 11.6 Å². The van der Waals surface area contributed by atoms with Crippen molar-refractivity contribution in [1.29, 1.82) is 0 Å². The third kappa shape index (κ3) is 2.48. The average Bonchev–Trinajstić information content (AvgIpc) is 2.37. The van der Waals surface area contributed by atoms with Crippen LogP contribution in [0.3, 0.4) is 0 Å². The quantitative estimate of drug-likeness (QED) is 0.861. The summed E-state index contributed by atoms with van der Waals surface area (Å²) < 4.78 is 5.46. The lowest BCUT2D eigenvalue weighted by atomic mass is 10.0. The molecule has 0 bridgehead atoms. The summed E-state index contributed by atoms with van der Waals surface area (Å²) in [5.74, 6) is 2.09. The van der Waals surface area contributed by atoms with Gasteiger partial charge in [0.2, 0.25) is 0 Å². The van der Waals surface area contributed by atoms with Crippen LogP contribution in [-0.4, -0.2) is 17.1 Å². The first kappa shape index (κ1) is 12.9. The van der Waals surface area contributed by atoms with Crippen LogP contribution in [0, 0.1) is 13.8 Å². The molecule has 94 valence electrons. The molecule has 0 aliphatic rings. The number of hydrogen-bond acceptors (Lipinski definition) is 4. The van der Waals surface area contributed by atoms with E-state index in [2.05, 4.69) is 42.5 Å². The van der Waals surface area contributed by atoms with E-state index in [1.807, 2.05) is 12.1 Å². The normalized spacial score (nSPS) is 10.4. The molecule has 0 atom stereocenters. The number of ether oxygens (including phenoxy) is 1. The van der Waals surface area contributed by atoms with Crippen molar-refractivity contribution < 1.29 is 4.74 Å². The number of hydrogen-bond donors (Lipinski definition) is 1. The minimum atomic E-state index is 0.529. The van der Waals surface area contributed by atoms with Crippen LogP contribution in [0.25, 0.3) is 11.3 Å². The molecule has 1 heterocycles. The van der Waals surface area contributed by atoms with Gasteiger partial charge in [0.25, 0.3) is 0 Å². The molecule has 1 aromatic carbocycles. The standard InChI is InChI=1S/C14H16N2OS/c1-9-6-10(2)14(12(7-9)17-3)11-4-5-15-13(8-18)16-11/h4-7,18H,8H2,1-3H3. The Labute approximate surface area is 113 Å². The molecule has 2 aromatic rings. The maximum Gasteiger partial charge on any atom is 0.138 e. The fourth-order valence-electron chi connectivity index (χ4n) is 2.03. The maximum absolute atomic E-state index is 5.46. The van der Waals surface area contributed by atoms with Crippen molar-refractivity contribution >= 4 is 12.6 Å². The highest BCUT2D eigenvalue weighted by Gasteiger charge is 2.12. The van der Waals surface area contributed by atoms with Crippen LogP contribution in [0.4, 0.5) is 0 Å². The molecule has 0 amide bonds. The molecule has 0 N–H and O–H groups in total. The highest BCUT2D eigenvalue weighted by Crippen LogP contribution is 2.32. The Hall–Kier alpha value is -1.55. The van der Waals surface area contributed by atoms with Gasteiger partial charge in [0.05, 0.1) is 18.6 Å². The highest BCUT2D eigenvalue weighted by atomic mass is 32.1. The zero-order chi connectivity index (χ0) is 13.1. The zero-order valence-corrected chi connectivity index (χ0v) is 11.7. The Morgan fingerprint density at radius 1 is 1.28 bits per heavy atom. The summed E-state index contributed by atoms with van der Waals surface area (Å²) in [5, 5.41) is 0. The van der Waals surface area contributed by atoms with E-state index in [4.69, 9.17) is 4.74 Å². The summed E-state index contributed by atoms with van der Waals surface area (Å²) in [7, 11) is 1.68. The number of aryl methyl sites for hydroxylation is 2. The zero-order valence-electron chi connectivity index (χ0n) is 10.8. The molecule has 0 spiro atoms. The second kappa shape index (κ2) is 5.40. The summed E-state index contributed by atoms with van der Waals surface area (Å²) in [6.45, 7) is 4.12. The number of benzene rings is 1. The van der Waals surface area contributed by atoms with Crippen LogP contribution in [-0.2, 0) is 5.75 Å². The van der Waals surface area contributed by atoms with E-state index in [1.54, 1.807) is 13.3 Å². The first-order chi connectivity index (χ1) is 8.65. The van der Waals surface area contributed by atoms with Gasteiger partial charge in [-0.25, -0.2) is 9.97 Å². The van der Waals surface area contributed by atoms with Crippen LogP contribution in [0.5, 0.6) is 5.75 Å². The van der Waals surface area contributed by atoms with E-state index in [0.29, 0.717) is 5.75 Å². The van der Waals surface area contributed by atoms with E-state index in [-0.39, 0.29) is 0 Å². The summed E-state index contributed by atoms with van der Waals surface area (Å²) in [6.07, 6.45) is 1.76. The van der Waals surface area contributed by atoms with Crippen LogP contribution >= 0.6 is 12.6 Å². The largest absolute Gasteiger partial charge is 0.496 e. The van der Waals surface area contributed by atoms with Crippen molar-refractivity contribution in [2.75, 3.05) is 7.11 Å². The van der Waals surface area contributed by atoms with Crippen molar-refractivity contribution in [2.45, 2.75) is 19.6 Å². The Kier molecular flexibility index (Phi) is 3.87. The number of aromatic nitrogens is 2. The first-order valence-electron chi connectivity index (χ1n) is 5.74. The summed E-state index contributed by atoms with van der Waals surface area (Å²) >= 11 is 4.20. The first-order valence-corrected chi connectivity index (χ1v) is 6.37. The molecule has 4 heteroatoms. The molecule has 0 saturated carbocycles. The highest BCUT2D eigenvalue weighted by molar-refractivity contribution is 7.79. The molecular formula is C14H16N2OS. The van der Waals surface area contributed by atoms with Crippen molar-refractivity contribution in [1.82, 2.24) is 9.97 Å². The van der Waals surface area contributed by atoms with Crippen molar-refractivity contribution in [3.05, 3.63) is 41.3 Å². The maximum atomic E-state index is 5.46. The lowest BCUT2D eigenvalue weighted by Gasteiger charge is -2.12. The van der Waals surface area contributed by atoms with Gasteiger partial charge >= 0.3 is 0 Å². The molecular weight excluding hydrogens is 244 g/mol. The van der Waals surface area contributed by atoms with E-state index in [1.165, 1.54) is 5.56 Å². The Morgan fingerprint density at radius 2 is 2.06 bits per heavy atom. The van der Waals surface area contributed by atoms with Gasteiger partial charge < -0.3 is 4.74 Å². The molecule has 1 aromatic heterocycles. The van der Waals surface area contributed by atoms with E-state index in [9.17, 15) is 0 Å². The van der Waals surface area contributed by atoms with E-state index < -0.39 is 0 Å². The predicted octanol–water partition coefficient (Wildman–Crippen LogP) is 3.20. The number of nitrogens with zero attached hydrogens (tertiary/aromatic N) is 2. The topological polar surface area (TPSA) is 35.0 Å². The lowest BCUT2D eigenvalue weighted by molar-refractivity contribution is 0.415. The second-order valence-corrected chi connectivity index (χ2v) is 4.49. The van der Waals surface area contributed by atoms with Gasteiger partial charge in [-0.15, -0.1) is 0 Å². The van der Waals surface area contributed by atoms with Gasteiger partial charge in [0.15, 0.2) is 0 Å². The van der Waals surface area contributed by atoms with Crippen LogP contribution < -0.4 is 4.74 Å².